The highest BCUT2D eigenvalue weighted by Gasteiger charge is 2.69. The molecule has 2 aromatic rings. The summed E-state index contributed by atoms with van der Waals surface area (Å²) in [6.07, 6.45) is -0.113. The van der Waals surface area contributed by atoms with Gasteiger partial charge in [-0.2, -0.15) is 0 Å². The van der Waals surface area contributed by atoms with Crippen molar-refractivity contribution in [3.05, 3.63) is 57.9 Å². The second-order valence-electron chi connectivity index (χ2n) is 11.3. The Labute approximate surface area is 257 Å². The van der Waals surface area contributed by atoms with Crippen molar-refractivity contribution >= 4 is 68.2 Å². The maximum Gasteiger partial charge on any atom is 0.242 e. The lowest BCUT2D eigenvalue weighted by molar-refractivity contribution is -0.181. The molecular formula is C29H26BrClFN3O8. The van der Waals surface area contributed by atoms with Crippen molar-refractivity contribution in [3.8, 4) is 5.75 Å². The molecule has 2 fully saturated rings. The van der Waals surface area contributed by atoms with Crippen LogP contribution in [0.5, 0.6) is 5.75 Å². The van der Waals surface area contributed by atoms with E-state index in [2.05, 4.69) is 21.2 Å². The number of anilines is 1. The number of halogens is 3. The summed E-state index contributed by atoms with van der Waals surface area (Å²) in [4.78, 5) is 79.6. The average molecular weight is 679 g/mol. The molecule has 3 aliphatic rings. The monoisotopic (exact) mass is 677 g/mol. The molecule has 5 N–H and O–H groups in total. The summed E-state index contributed by atoms with van der Waals surface area (Å²) in [6, 6.07) is 5.64. The maximum absolute atomic E-state index is 14.3. The minimum absolute atomic E-state index is 0.00361. The third kappa shape index (κ3) is 4.60. The van der Waals surface area contributed by atoms with Crippen molar-refractivity contribution in [2.75, 3.05) is 19.4 Å². The predicted molar refractivity (Wildman–Crippen MR) is 153 cm³/mol. The van der Waals surface area contributed by atoms with Crippen LogP contribution in [0.4, 0.5) is 10.1 Å². The molecule has 14 heteroatoms. The smallest absolute Gasteiger partial charge is 0.242 e. The van der Waals surface area contributed by atoms with Crippen molar-refractivity contribution in [2.45, 2.75) is 29.3 Å². The summed E-state index contributed by atoms with van der Waals surface area (Å²) in [5.41, 5.74) is 2.01. The van der Waals surface area contributed by atoms with Gasteiger partial charge >= 0.3 is 0 Å². The first-order chi connectivity index (χ1) is 20.1. The van der Waals surface area contributed by atoms with E-state index >= 15 is 0 Å². The van der Waals surface area contributed by atoms with Gasteiger partial charge in [0.15, 0.2) is 40.4 Å². The van der Waals surface area contributed by atoms with Crippen LogP contribution in [0.25, 0.3) is 0 Å². The summed E-state index contributed by atoms with van der Waals surface area (Å²) in [5.74, 6) is -13.6. The number of phenolic OH excluding ortho intramolecular Hbond substituents is 1. The number of benzene rings is 2. The molecule has 0 radical (unpaired) electrons. The van der Waals surface area contributed by atoms with Gasteiger partial charge in [-0.3, -0.25) is 33.7 Å². The van der Waals surface area contributed by atoms with Crippen molar-refractivity contribution in [1.29, 1.82) is 0 Å². The topological polar surface area (TPSA) is 184 Å². The van der Waals surface area contributed by atoms with Crippen LogP contribution in [0.3, 0.4) is 0 Å². The van der Waals surface area contributed by atoms with Gasteiger partial charge in [0.25, 0.3) is 0 Å². The number of nitrogens with zero attached hydrogens (tertiary/aromatic N) is 1. The fourth-order valence-electron chi connectivity index (χ4n) is 6.75. The van der Waals surface area contributed by atoms with Crippen molar-refractivity contribution in [3.63, 3.8) is 0 Å². The van der Waals surface area contributed by atoms with E-state index in [0.717, 1.165) is 6.07 Å². The number of nitrogens with one attached hydrogen (secondary N) is 1. The van der Waals surface area contributed by atoms with Gasteiger partial charge in [-0.05, 0) is 50.6 Å². The van der Waals surface area contributed by atoms with Crippen LogP contribution in [0.1, 0.15) is 32.7 Å². The summed E-state index contributed by atoms with van der Waals surface area (Å²) in [5, 5.41) is 25.1. The Morgan fingerprint density at radius 1 is 1.19 bits per heavy atom. The zero-order valence-corrected chi connectivity index (χ0v) is 25.1. The Bertz CT molecular complexity index is 1630. The first-order valence-electron chi connectivity index (χ1n) is 13.2. The van der Waals surface area contributed by atoms with Gasteiger partial charge in [-0.1, -0.05) is 45.7 Å². The van der Waals surface area contributed by atoms with Crippen LogP contribution in [0.2, 0.25) is 5.02 Å². The van der Waals surface area contributed by atoms with E-state index in [4.69, 9.17) is 17.3 Å². The molecule has 5 rings (SSSR count). The Morgan fingerprint density at radius 3 is 2.44 bits per heavy atom. The van der Waals surface area contributed by atoms with Crippen LogP contribution in [0, 0.1) is 29.5 Å². The molecule has 2 aromatic carbocycles. The number of likely N-dealkylation sites (N-methyl/N-ethyl adjacent to an activating group) is 1. The number of carbonyl (C=O) groups is 6. The van der Waals surface area contributed by atoms with E-state index in [9.17, 15) is 43.4 Å². The van der Waals surface area contributed by atoms with Crippen LogP contribution in [-0.4, -0.2) is 75.8 Å². The lowest BCUT2D eigenvalue weighted by Gasteiger charge is -2.52. The number of aliphatic hydroxyl groups is 1. The third-order valence-corrected chi connectivity index (χ3v) is 9.87. The molecule has 7 atom stereocenters. The summed E-state index contributed by atoms with van der Waals surface area (Å²) in [6.45, 7) is 0. The summed E-state index contributed by atoms with van der Waals surface area (Å²) in [7, 11) is 2.98. The predicted octanol–water partition coefficient (Wildman–Crippen LogP) is 1.73. The lowest BCUT2D eigenvalue weighted by atomic mass is 9.52. The van der Waals surface area contributed by atoms with Crippen molar-refractivity contribution in [2.24, 2.45) is 29.4 Å². The first kappa shape index (κ1) is 30.9. The second kappa shape index (κ2) is 10.9. The number of fused-ring (bicyclic) bond motifs is 3. The number of alkyl halides is 1. The molecule has 3 aliphatic carbocycles. The summed E-state index contributed by atoms with van der Waals surface area (Å²) >= 11 is 9.52. The molecule has 11 nitrogen and oxygen atoms in total. The number of rotatable bonds is 5. The molecule has 0 aromatic heterocycles. The molecule has 5 unspecified atom stereocenters. The Hall–Kier alpha value is -3.52. The van der Waals surface area contributed by atoms with Crippen LogP contribution >= 0.6 is 27.5 Å². The van der Waals surface area contributed by atoms with Gasteiger partial charge in [-0.25, -0.2) is 4.39 Å². The molecule has 43 heavy (non-hydrogen) atoms. The molecule has 2 saturated carbocycles. The highest BCUT2D eigenvalue weighted by Crippen LogP contribution is 2.52. The third-order valence-electron chi connectivity index (χ3n) is 8.66. The number of primary amides is 1. The van der Waals surface area contributed by atoms with Crippen LogP contribution in [-0.2, 0) is 30.4 Å². The van der Waals surface area contributed by atoms with E-state index < -0.39 is 86.7 Å². The van der Waals surface area contributed by atoms with Gasteiger partial charge < -0.3 is 21.3 Å². The molecule has 0 aliphatic heterocycles. The van der Waals surface area contributed by atoms with Gasteiger partial charge in [-0.15, -0.1) is 0 Å². The van der Waals surface area contributed by atoms with Crippen LogP contribution in [0.15, 0.2) is 30.3 Å². The number of Topliss-reactive ketones (excluding diaryl/α,β-unsaturated/α-hetero) is 4. The fraction of sp³-hybridized carbons (Fsp3) is 0.379. The largest absolute Gasteiger partial charge is 0.505 e. The number of ketones is 4. The molecule has 0 bridgehead atoms. The SMILES string of the molecule is CN(C)[C@@H]1C(=O)C(C(N)=O)C(=O)[C@@]2(O)C(=O)C3C(=O)c4c(cc(Cl)c(NC(=O)C(Br)c5ccccc5F)c4O)CC3CC12. The van der Waals surface area contributed by atoms with E-state index in [1.165, 1.54) is 43.3 Å². The number of hydrogen-bond donors (Lipinski definition) is 4. The quantitative estimate of drug-likeness (QED) is 0.208. The van der Waals surface area contributed by atoms with Crippen molar-refractivity contribution in [1.82, 2.24) is 4.90 Å². The van der Waals surface area contributed by atoms with Crippen molar-refractivity contribution < 1.29 is 43.4 Å². The normalized spacial score (nSPS) is 29.0. The van der Waals surface area contributed by atoms with E-state index in [-0.39, 0.29) is 40.2 Å². The number of carbonyl (C=O) groups excluding carboxylic acids is 6. The maximum atomic E-state index is 14.3. The standard InChI is InChI=1S/C29H26BrClFN3O8/c1-35(2)21-13-8-10-7-11-9-14(31)20(34-28(42)19(30)12-5-3-4-6-15(12)32)23(37)16(11)22(36)17(10)25(39)29(13,43)26(40)18(24(21)38)27(33)41/h3-6,9-10,13,17-19,21,37,43H,7-8H2,1-2H3,(H2,33,41)(H,34,42)/t10?,13?,17?,18?,19?,21-,29-/m0/s1. The first-order valence-corrected chi connectivity index (χ1v) is 14.5. The number of aromatic hydroxyl groups is 1. The molecule has 0 heterocycles. The highest BCUT2D eigenvalue weighted by molar-refractivity contribution is 9.09. The molecule has 0 saturated heterocycles. The number of amides is 2. The second-order valence-corrected chi connectivity index (χ2v) is 12.6. The van der Waals surface area contributed by atoms with Crippen LogP contribution < -0.4 is 11.1 Å². The Balaban J connectivity index is 1.54. The van der Waals surface area contributed by atoms with E-state index in [1.807, 2.05) is 0 Å². The molecule has 2 amide bonds. The zero-order valence-electron chi connectivity index (χ0n) is 22.8. The highest BCUT2D eigenvalue weighted by atomic mass is 79.9. The summed E-state index contributed by atoms with van der Waals surface area (Å²) < 4.78 is 14.3. The average Bonchev–Trinajstić information content (AvgIpc) is 2.92. The van der Waals surface area contributed by atoms with Gasteiger partial charge in [0.2, 0.25) is 11.8 Å². The van der Waals surface area contributed by atoms with Gasteiger partial charge in [0.05, 0.1) is 22.5 Å². The Kier molecular flexibility index (Phi) is 7.83. The molecule has 226 valence electrons. The minimum atomic E-state index is -2.86. The number of hydrogen-bond acceptors (Lipinski definition) is 9. The lowest BCUT2D eigenvalue weighted by Crippen LogP contribution is -2.74. The Morgan fingerprint density at radius 2 is 1.84 bits per heavy atom. The minimum Gasteiger partial charge on any atom is -0.505 e. The zero-order chi connectivity index (χ0) is 31.7. The molecular weight excluding hydrogens is 653 g/mol. The number of phenols is 1. The van der Waals surface area contributed by atoms with Gasteiger partial charge in [0, 0.05) is 11.5 Å². The van der Waals surface area contributed by atoms with E-state index in [0.29, 0.717) is 0 Å². The van der Waals surface area contributed by atoms with Gasteiger partial charge in [0.1, 0.15) is 16.3 Å². The van der Waals surface area contributed by atoms with E-state index in [1.54, 1.807) is 0 Å². The molecule has 0 spiro atoms. The number of nitrogens with two attached hydrogens (primary N) is 1. The fourth-order valence-corrected chi connectivity index (χ4v) is 7.51.